The highest BCUT2D eigenvalue weighted by molar-refractivity contribution is 6.32. The zero-order valence-electron chi connectivity index (χ0n) is 11.8. The second kappa shape index (κ2) is 6.10. The number of aryl methyl sites for hydroxylation is 1. The van der Waals surface area contributed by atoms with Crippen LogP contribution in [-0.2, 0) is 0 Å². The maximum Gasteiger partial charge on any atom is 0.150 e. The number of carbonyl (C=O) groups is 1. The minimum Gasteiger partial charge on any atom is -0.456 e. The Morgan fingerprint density at radius 2 is 1.90 bits per heavy atom. The summed E-state index contributed by atoms with van der Waals surface area (Å²) in [6.07, 6.45) is 0.761. The Kier molecular flexibility index (Phi) is 4.46. The molecule has 0 atom stereocenters. The van der Waals surface area contributed by atoms with Crippen molar-refractivity contribution in [1.29, 1.82) is 0 Å². The van der Waals surface area contributed by atoms with E-state index in [0.717, 1.165) is 12.0 Å². The van der Waals surface area contributed by atoms with Gasteiger partial charge >= 0.3 is 0 Å². The smallest absolute Gasteiger partial charge is 0.150 e. The lowest BCUT2D eigenvalue weighted by Gasteiger charge is -2.13. The predicted molar refractivity (Wildman–Crippen MR) is 82.2 cm³/mol. The van der Waals surface area contributed by atoms with Crippen LogP contribution in [-0.4, -0.2) is 6.29 Å². The molecule has 0 heterocycles. The highest BCUT2D eigenvalue weighted by Gasteiger charge is 2.08. The molecule has 2 rings (SSSR count). The van der Waals surface area contributed by atoms with E-state index >= 15 is 0 Å². The van der Waals surface area contributed by atoms with E-state index in [2.05, 4.69) is 26.8 Å². The van der Waals surface area contributed by atoms with Gasteiger partial charge in [-0.15, -0.1) is 0 Å². The summed E-state index contributed by atoms with van der Waals surface area (Å²) in [6.45, 7) is 6.40. The second-order valence-electron chi connectivity index (χ2n) is 5.08. The molecule has 0 radical (unpaired) electrons. The van der Waals surface area contributed by atoms with Crippen molar-refractivity contribution in [2.75, 3.05) is 0 Å². The Morgan fingerprint density at radius 1 is 1.15 bits per heavy atom. The van der Waals surface area contributed by atoms with E-state index in [9.17, 15) is 4.79 Å². The largest absolute Gasteiger partial charge is 0.456 e. The second-order valence-corrected chi connectivity index (χ2v) is 5.49. The van der Waals surface area contributed by atoms with Crippen molar-refractivity contribution in [2.45, 2.75) is 26.7 Å². The van der Waals surface area contributed by atoms with Gasteiger partial charge < -0.3 is 4.74 Å². The van der Waals surface area contributed by atoms with Crippen LogP contribution in [0.5, 0.6) is 11.5 Å². The SMILES string of the molecule is Cc1cc(Oc2ccc(C=O)cc2Cl)ccc1C(C)C. The Balaban J connectivity index is 2.26. The number of ether oxygens (including phenoxy) is 1. The van der Waals surface area contributed by atoms with Gasteiger partial charge in [0, 0.05) is 5.56 Å². The highest BCUT2D eigenvalue weighted by atomic mass is 35.5. The van der Waals surface area contributed by atoms with Crippen molar-refractivity contribution in [3.8, 4) is 11.5 Å². The number of hydrogen-bond acceptors (Lipinski definition) is 2. The third-order valence-electron chi connectivity index (χ3n) is 3.18. The van der Waals surface area contributed by atoms with E-state index in [1.165, 1.54) is 11.1 Å². The Morgan fingerprint density at radius 3 is 2.45 bits per heavy atom. The van der Waals surface area contributed by atoms with Crippen LogP contribution in [0.2, 0.25) is 5.02 Å². The van der Waals surface area contributed by atoms with E-state index < -0.39 is 0 Å². The van der Waals surface area contributed by atoms with E-state index in [1.54, 1.807) is 18.2 Å². The van der Waals surface area contributed by atoms with Crippen LogP contribution < -0.4 is 4.74 Å². The molecule has 0 aliphatic rings. The van der Waals surface area contributed by atoms with E-state index in [4.69, 9.17) is 16.3 Å². The van der Waals surface area contributed by atoms with E-state index in [-0.39, 0.29) is 0 Å². The van der Waals surface area contributed by atoms with Gasteiger partial charge in [0.05, 0.1) is 5.02 Å². The fraction of sp³-hybridized carbons (Fsp3) is 0.235. The average molecular weight is 289 g/mol. The Labute approximate surface area is 124 Å². The maximum absolute atomic E-state index is 10.7. The minimum absolute atomic E-state index is 0.431. The molecule has 0 aromatic heterocycles. The first-order valence-electron chi connectivity index (χ1n) is 6.54. The molecule has 2 aromatic rings. The lowest BCUT2D eigenvalue weighted by atomic mass is 9.98. The van der Waals surface area contributed by atoms with E-state index in [0.29, 0.717) is 22.3 Å². The third-order valence-corrected chi connectivity index (χ3v) is 3.48. The molecule has 0 spiro atoms. The number of aldehydes is 1. The number of carbonyl (C=O) groups excluding carboxylic acids is 1. The molecule has 0 amide bonds. The van der Waals surface area contributed by atoms with Crippen molar-refractivity contribution in [3.63, 3.8) is 0 Å². The molecule has 0 fully saturated rings. The highest BCUT2D eigenvalue weighted by Crippen LogP contribution is 2.31. The van der Waals surface area contributed by atoms with Gasteiger partial charge in [-0.3, -0.25) is 4.79 Å². The first-order chi connectivity index (χ1) is 9.51. The third kappa shape index (κ3) is 3.20. The summed E-state index contributed by atoms with van der Waals surface area (Å²) < 4.78 is 5.78. The molecule has 2 aromatic carbocycles. The number of rotatable bonds is 4. The molecular formula is C17H17ClO2. The zero-order chi connectivity index (χ0) is 14.7. The number of halogens is 1. The Hall–Kier alpha value is -1.80. The Bertz CT molecular complexity index is 633. The summed E-state index contributed by atoms with van der Waals surface area (Å²) in [5.74, 6) is 1.78. The van der Waals surface area contributed by atoms with Crippen LogP contribution in [0.1, 0.15) is 41.3 Å². The number of benzene rings is 2. The molecule has 0 unspecified atom stereocenters. The van der Waals surface area contributed by atoms with Crippen LogP contribution >= 0.6 is 11.6 Å². The number of hydrogen-bond donors (Lipinski definition) is 0. The monoisotopic (exact) mass is 288 g/mol. The average Bonchev–Trinajstić information content (AvgIpc) is 2.40. The minimum atomic E-state index is 0.431. The molecule has 0 bridgehead atoms. The first kappa shape index (κ1) is 14.6. The summed E-state index contributed by atoms with van der Waals surface area (Å²) in [5, 5.41) is 0.431. The van der Waals surface area contributed by atoms with Crippen LogP contribution in [0.3, 0.4) is 0 Å². The molecule has 104 valence electrons. The van der Waals surface area contributed by atoms with Gasteiger partial charge in [0.15, 0.2) is 0 Å². The first-order valence-corrected chi connectivity index (χ1v) is 6.92. The molecule has 0 saturated carbocycles. The summed E-state index contributed by atoms with van der Waals surface area (Å²) in [7, 11) is 0. The molecule has 3 heteroatoms. The van der Waals surface area contributed by atoms with Gasteiger partial charge in [-0.1, -0.05) is 31.5 Å². The molecule has 2 nitrogen and oxygen atoms in total. The normalized spacial score (nSPS) is 10.7. The molecule has 0 aliphatic carbocycles. The van der Waals surface area contributed by atoms with Crippen LogP contribution in [0, 0.1) is 6.92 Å². The standard InChI is InChI=1S/C17H17ClO2/c1-11(2)15-6-5-14(8-12(15)3)20-17-7-4-13(10-19)9-16(17)18/h4-11H,1-3H3. The van der Waals surface area contributed by atoms with E-state index in [1.807, 2.05) is 12.1 Å². The molecule has 0 N–H and O–H groups in total. The van der Waals surface area contributed by atoms with Gasteiger partial charge in [0.2, 0.25) is 0 Å². The molecular weight excluding hydrogens is 272 g/mol. The lowest BCUT2D eigenvalue weighted by molar-refractivity contribution is 0.112. The van der Waals surface area contributed by atoms with Crippen LogP contribution in [0.4, 0.5) is 0 Å². The topological polar surface area (TPSA) is 26.3 Å². The summed E-state index contributed by atoms with van der Waals surface area (Å²) >= 11 is 6.10. The van der Waals surface area contributed by atoms with Crippen molar-refractivity contribution in [1.82, 2.24) is 0 Å². The van der Waals surface area contributed by atoms with Gasteiger partial charge in [-0.2, -0.15) is 0 Å². The molecule has 0 saturated heterocycles. The summed E-state index contributed by atoms with van der Waals surface area (Å²) in [4.78, 5) is 10.7. The summed E-state index contributed by atoms with van der Waals surface area (Å²) in [6, 6.07) is 11.0. The van der Waals surface area contributed by atoms with Crippen molar-refractivity contribution in [2.24, 2.45) is 0 Å². The van der Waals surface area contributed by atoms with Gasteiger partial charge in [-0.25, -0.2) is 0 Å². The zero-order valence-corrected chi connectivity index (χ0v) is 12.6. The quantitative estimate of drug-likeness (QED) is 0.706. The molecule has 0 aliphatic heterocycles. The van der Waals surface area contributed by atoms with Crippen LogP contribution in [0.25, 0.3) is 0 Å². The van der Waals surface area contributed by atoms with Gasteiger partial charge in [0.1, 0.15) is 17.8 Å². The van der Waals surface area contributed by atoms with Crippen molar-refractivity contribution < 1.29 is 9.53 Å². The van der Waals surface area contributed by atoms with Crippen molar-refractivity contribution in [3.05, 3.63) is 58.1 Å². The lowest BCUT2D eigenvalue weighted by Crippen LogP contribution is -1.93. The summed E-state index contributed by atoms with van der Waals surface area (Å²) in [5.41, 5.74) is 3.03. The van der Waals surface area contributed by atoms with Crippen molar-refractivity contribution >= 4 is 17.9 Å². The fourth-order valence-corrected chi connectivity index (χ4v) is 2.39. The predicted octanol–water partition coefficient (Wildman–Crippen LogP) is 5.38. The fourth-order valence-electron chi connectivity index (χ4n) is 2.16. The van der Waals surface area contributed by atoms with Gasteiger partial charge in [0.25, 0.3) is 0 Å². The maximum atomic E-state index is 10.7. The van der Waals surface area contributed by atoms with Gasteiger partial charge in [-0.05, 0) is 54.3 Å². The van der Waals surface area contributed by atoms with Crippen LogP contribution in [0.15, 0.2) is 36.4 Å². The molecule has 20 heavy (non-hydrogen) atoms.